The molecule has 2 heteroatoms. The van der Waals surface area contributed by atoms with E-state index in [2.05, 4.69) is 63.2 Å². The molecule has 0 unspecified atom stereocenters. The van der Waals surface area contributed by atoms with Crippen LogP contribution in [-0.2, 0) is 5.41 Å². The van der Waals surface area contributed by atoms with E-state index in [1.807, 2.05) is 0 Å². The predicted octanol–water partition coefficient (Wildman–Crippen LogP) is 4.72. The molecule has 0 fully saturated rings. The largest absolute Gasteiger partial charge is 0.242 e. The number of aryl methyl sites for hydroxylation is 2. The molecule has 2 aromatic rings. The summed E-state index contributed by atoms with van der Waals surface area (Å²) in [5.41, 5.74) is 5.22. The average Bonchev–Trinajstić information content (AvgIpc) is 2.63. The molecule has 1 aromatic heterocycles. The smallest absolute Gasteiger partial charge is 0.0901 e. The summed E-state index contributed by atoms with van der Waals surface area (Å²) >= 11 is 1.71. The van der Waals surface area contributed by atoms with E-state index in [1.54, 1.807) is 11.3 Å². The van der Waals surface area contributed by atoms with Crippen LogP contribution in [0.3, 0.4) is 0 Å². The second kappa shape index (κ2) is 4.26. The van der Waals surface area contributed by atoms with Crippen LogP contribution in [0, 0.1) is 13.8 Å². The molecule has 0 bridgehead atoms. The lowest BCUT2D eigenvalue weighted by Crippen LogP contribution is -2.11. The average molecular weight is 245 g/mol. The van der Waals surface area contributed by atoms with Gasteiger partial charge in [0.2, 0.25) is 0 Å². The van der Waals surface area contributed by atoms with Crippen molar-refractivity contribution in [2.75, 3.05) is 0 Å². The highest BCUT2D eigenvalue weighted by Crippen LogP contribution is 2.30. The van der Waals surface area contributed by atoms with E-state index in [-0.39, 0.29) is 5.41 Å². The quantitative estimate of drug-likeness (QED) is 0.708. The highest BCUT2D eigenvalue weighted by atomic mass is 32.1. The molecule has 0 aliphatic heterocycles. The van der Waals surface area contributed by atoms with Crippen molar-refractivity contribution in [1.29, 1.82) is 0 Å². The van der Waals surface area contributed by atoms with Gasteiger partial charge in [-0.15, -0.1) is 11.3 Å². The van der Waals surface area contributed by atoms with Crippen LogP contribution in [0.5, 0.6) is 0 Å². The summed E-state index contributed by atoms with van der Waals surface area (Å²) < 4.78 is 0. The Morgan fingerprint density at radius 1 is 1.12 bits per heavy atom. The van der Waals surface area contributed by atoms with E-state index >= 15 is 0 Å². The van der Waals surface area contributed by atoms with Crippen LogP contribution in [0.4, 0.5) is 0 Å². The first kappa shape index (κ1) is 12.3. The van der Waals surface area contributed by atoms with Gasteiger partial charge >= 0.3 is 0 Å². The van der Waals surface area contributed by atoms with Crippen molar-refractivity contribution in [2.24, 2.45) is 0 Å². The van der Waals surface area contributed by atoms with E-state index in [4.69, 9.17) is 0 Å². The molecule has 1 heterocycles. The third-order valence-electron chi connectivity index (χ3n) is 3.00. The standard InChI is InChI=1S/C15H19NS/c1-10-6-7-12(15(3,4)5)8-13(10)14-9-17-11(2)16-14/h6-9H,1-5H3. The van der Waals surface area contributed by atoms with Crippen molar-refractivity contribution in [2.45, 2.75) is 40.0 Å². The number of nitrogens with zero attached hydrogens (tertiary/aromatic N) is 1. The lowest BCUT2D eigenvalue weighted by Gasteiger charge is -2.20. The van der Waals surface area contributed by atoms with Gasteiger partial charge < -0.3 is 0 Å². The van der Waals surface area contributed by atoms with Gasteiger partial charge in [0.25, 0.3) is 0 Å². The Balaban J connectivity index is 2.54. The molecule has 1 nitrogen and oxygen atoms in total. The van der Waals surface area contributed by atoms with Gasteiger partial charge in [-0.2, -0.15) is 0 Å². The summed E-state index contributed by atoms with van der Waals surface area (Å²) in [6, 6.07) is 6.70. The number of hydrogen-bond acceptors (Lipinski definition) is 2. The van der Waals surface area contributed by atoms with Crippen molar-refractivity contribution in [1.82, 2.24) is 4.98 Å². The van der Waals surface area contributed by atoms with Crippen molar-refractivity contribution in [3.05, 3.63) is 39.7 Å². The molecule has 2 rings (SSSR count). The monoisotopic (exact) mass is 245 g/mol. The second-order valence-corrected chi connectivity index (χ2v) is 6.59. The molecule has 0 aliphatic rings. The highest BCUT2D eigenvalue weighted by molar-refractivity contribution is 7.09. The fourth-order valence-electron chi connectivity index (χ4n) is 1.85. The minimum absolute atomic E-state index is 0.188. The summed E-state index contributed by atoms with van der Waals surface area (Å²) in [5.74, 6) is 0. The van der Waals surface area contributed by atoms with Crippen LogP contribution in [-0.4, -0.2) is 4.98 Å². The molecular weight excluding hydrogens is 226 g/mol. The van der Waals surface area contributed by atoms with Gasteiger partial charge in [-0.25, -0.2) is 4.98 Å². The zero-order valence-corrected chi connectivity index (χ0v) is 12.0. The Labute approximate surface area is 108 Å². The summed E-state index contributed by atoms with van der Waals surface area (Å²) in [6.45, 7) is 10.9. The Morgan fingerprint density at radius 3 is 2.35 bits per heavy atom. The summed E-state index contributed by atoms with van der Waals surface area (Å²) in [7, 11) is 0. The maximum Gasteiger partial charge on any atom is 0.0901 e. The van der Waals surface area contributed by atoms with Crippen LogP contribution in [0.25, 0.3) is 11.3 Å². The van der Waals surface area contributed by atoms with E-state index in [9.17, 15) is 0 Å². The van der Waals surface area contributed by atoms with E-state index < -0.39 is 0 Å². The number of aromatic nitrogens is 1. The number of rotatable bonds is 1. The Kier molecular flexibility index (Phi) is 3.09. The summed E-state index contributed by atoms with van der Waals surface area (Å²) in [6.07, 6.45) is 0. The van der Waals surface area contributed by atoms with Crippen molar-refractivity contribution >= 4 is 11.3 Å². The molecule has 0 amide bonds. The molecule has 0 saturated heterocycles. The third-order valence-corrected chi connectivity index (χ3v) is 3.77. The first-order valence-electron chi connectivity index (χ1n) is 5.91. The van der Waals surface area contributed by atoms with Gasteiger partial charge in [-0.3, -0.25) is 0 Å². The Bertz CT molecular complexity index is 532. The van der Waals surface area contributed by atoms with Crippen LogP contribution in [0.1, 0.15) is 36.9 Å². The number of benzene rings is 1. The van der Waals surface area contributed by atoms with Crippen LogP contribution in [0.15, 0.2) is 23.6 Å². The van der Waals surface area contributed by atoms with Crippen molar-refractivity contribution < 1.29 is 0 Å². The molecule has 0 radical (unpaired) electrons. The lowest BCUT2D eigenvalue weighted by molar-refractivity contribution is 0.590. The molecule has 0 N–H and O–H groups in total. The highest BCUT2D eigenvalue weighted by Gasteiger charge is 2.15. The fraction of sp³-hybridized carbons (Fsp3) is 0.400. The third kappa shape index (κ3) is 2.58. The van der Waals surface area contributed by atoms with Crippen molar-refractivity contribution in [3.8, 4) is 11.3 Å². The van der Waals surface area contributed by atoms with Crippen LogP contribution < -0.4 is 0 Å². The second-order valence-electron chi connectivity index (χ2n) is 5.53. The normalized spacial score (nSPS) is 11.8. The predicted molar refractivity (Wildman–Crippen MR) is 75.7 cm³/mol. The van der Waals surface area contributed by atoms with Gasteiger partial charge in [0.15, 0.2) is 0 Å². The molecule has 0 spiro atoms. The first-order chi connectivity index (χ1) is 7.88. The van der Waals surface area contributed by atoms with Crippen molar-refractivity contribution in [3.63, 3.8) is 0 Å². The molecular formula is C15H19NS. The SMILES string of the molecule is Cc1nc(-c2cc(C(C)(C)C)ccc2C)cs1. The molecule has 0 saturated carbocycles. The maximum atomic E-state index is 4.58. The van der Waals surface area contributed by atoms with Crippen LogP contribution in [0.2, 0.25) is 0 Å². The van der Waals surface area contributed by atoms with Crippen LogP contribution >= 0.6 is 11.3 Å². The number of thiazole rings is 1. The molecule has 0 aliphatic carbocycles. The van der Waals surface area contributed by atoms with Gasteiger partial charge in [0.05, 0.1) is 10.7 Å². The minimum Gasteiger partial charge on any atom is -0.242 e. The first-order valence-corrected chi connectivity index (χ1v) is 6.79. The Hall–Kier alpha value is -1.15. The van der Waals surface area contributed by atoms with E-state index in [0.29, 0.717) is 0 Å². The van der Waals surface area contributed by atoms with Gasteiger partial charge in [0, 0.05) is 10.9 Å². The maximum absolute atomic E-state index is 4.58. The van der Waals surface area contributed by atoms with Gasteiger partial charge in [-0.05, 0) is 36.5 Å². The zero-order valence-electron chi connectivity index (χ0n) is 11.2. The minimum atomic E-state index is 0.188. The van der Waals surface area contributed by atoms with E-state index in [1.165, 1.54) is 16.7 Å². The van der Waals surface area contributed by atoms with E-state index in [0.717, 1.165) is 10.7 Å². The summed E-state index contributed by atoms with van der Waals surface area (Å²) in [5, 5.41) is 3.27. The topological polar surface area (TPSA) is 12.9 Å². The lowest BCUT2D eigenvalue weighted by atomic mass is 9.85. The molecule has 1 aromatic carbocycles. The fourth-order valence-corrected chi connectivity index (χ4v) is 2.46. The Morgan fingerprint density at radius 2 is 1.82 bits per heavy atom. The number of hydrogen-bond donors (Lipinski definition) is 0. The molecule has 17 heavy (non-hydrogen) atoms. The van der Waals surface area contributed by atoms with Gasteiger partial charge in [-0.1, -0.05) is 32.9 Å². The molecule has 90 valence electrons. The zero-order chi connectivity index (χ0) is 12.6. The summed E-state index contributed by atoms with van der Waals surface area (Å²) in [4.78, 5) is 4.58. The molecule has 0 atom stereocenters. The van der Waals surface area contributed by atoms with Gasteiger partial charge in [0.1, 0.15) is 0 Å².